The molecule has 4 rings (SSSR count). The van der Waals surface area contributed by atoms with Crippen molar-refractivity contribution in [3.05, 3.63) is 88.8 Å². The molecule has 27 heavy (non-hydrogen) atoms. The zero-order chi connectivity index (χ0) is 18.6. The molecule has 1 amide bonds. The number of hydrogen-bond donors (Lipinski definition) is 1. The molecular weight excluding hydrogens is 362 g/mol. The molecule has 7 nitrogen and oxygen atoms in total. The maximum atomic E-state index is 12.7. The first-order valence-electron chi connectivity index (χ1n) is 8.02. The van der Waals surface area contributed by atoms with Crippen molar-refractivity contribution in [1.82, 2.24) is 19.7 Å². The van der Waals surface area contributed by atoms with E-state index in [1.807, 2.05) is 11.4 Å². The van der Waals surface area contributed by atoms with Gasteiger partial charge in [-0.15, -0.1) is 11.3 Å². The van der Waals surface area contributed by atoms with E-state index in [0.29, 0.717) is 27.5 Å². The molecule has 1 aromatic carbocycles. The fraction of sp³-hybridized carbons (Fsp3) is 0. The summed E-state index contributed by atoms with van der Waals surface area (Å²) in [6, 6.07) is 13.7. The molecule has 8 heteroatoms. The summed E-state index contributed by atoms with van der Waals surface area (Å²) in [6.07, 6.45) is 4.48. The molecule has 0 bridgehead atoms. The second-order valence-corrected chi connectivity index (χ2v) is 6.50. The van der Waals surface area contributed by atoms with Crippen LogP contribution in [0.3, 0.4) is 0 Å². The summed E-state index contributed by atoms with van der Waals surface area (Å²) < 4.78 is 1.51. The Balaban J connectivity index is 1.56. The van der Waals surface area contributed by atoms with Gasteiger partial charge in [0.15, 0.2) is 5.82 Å². The van der Waals surface area contributed by atoms with Crippen LogP contribution in [0.5, 0.6) is 0 Å². The van der Waals surface area contributed by atoms with E-state index in [1.165, 1.54) is 34.9 Å². The molecule has 4 aromatic rings. The Morgan fingerprint density at radius 1 is 1.00 bits per heavy atom. The van der Waals surface area contributed by atoms with Gasteiger partial charge >= 0.3 is 0 Å². The van der Waals surface area contributed by atoms with Gasteiger partial charge in [0.2, 0.25) is 5.78 Å². The van der Waals surface area contributed by atoms with Gasteiger partial charge in [0.25, 0.3) is 5.91 Å². The highest BCUT2D eigenvalue weighted by Crippen LogP contribution is 2.19. The van der Waals surface area contributed by atoms with Crippen molar-refractivity contribution in [2.24, 2.45) is 0 Å². The number of benzene rings is 1. The number of thiophene rings is 1. The van der Waals surface area contributed by atoms with Gasteiger partial charge in [-0.1, -0.05) is 24.3 Å². The first-order valence-corrected chi connectivity index (χ1v) is 8.90. The Hall–Kier alpha value is -3.65. The molecule has 3 heterocycles. The third kappa shape index (κ3) is 3.51. The molecule has 0 atom stereocenters. The third-order valence-electron chi connectivity index (χ3n) is 3.82. The van der Waals surface area contributed by atoms with Crippen LogP contribution in [0.1, 0.15) is 25.6 Å². The molecule has 0 saturated heterocycles. The Morgan fingerprint density at radius 2 is 1.85 bits per heavy atom. The van der Waals surface area contributed by atoms with E-state index in [0.717, 1.165) is 0 Å². The number of rotatable bonds is 5. The Bertz CT molecular complexity index is 1070. The molecule has 1 N–H and O–H groups in total. The van der Waals surface area contributed by atoms with E-state index in [9.17, 15) is 9.59 Å². The summed E-state index contributed by atoms with van der Waals surface area (Å²) in [6.45, 7) is 0. The SMILES string of the molecule is O=C(Nc1ccc(-n2cncn2)nc1)c1ccccc1C(=O)c1cccs1. The molecule has 0 spiro atoms. The molecule has 0 aliphatic heterocycles. The van der Waals surface area contributed by atoms with Crippen molar-refractivity contribution in [3.8, 4) is 5.82 Å². The average molecular weight is 375 g/mol. The molecule has 0 aliphatic rings. The zero-order valence-electron chi connectivity index (χ0n) is 13.9. The van der Waals surface area contributed by atoms with Crippen LogP contribution >= 0.6 is 11.3 Å². The highest BCUT2D eigenvalue weighted by atomic mass is 32.1. The third-order valence-corrected chi connectivity index (χ3v) is 4.69. The summed E-state index contributed by atoms with van der Waals surface area (Å²) in [5.41, 5.74) is 1.20. The normalized spacial score (nSPS) is 10.5. The Morgan fingerprint density at radius 3 is 2.52 bits per heavy atom. The molecule has 0 radical (unpaired) electrons. The first kappa shape index (κ1) is 16.8. The van der Waals surface area contributed by atoms with Crippen LogP contribution in [0.15, 0.2) is 72.8 Å². The minimum Gasteiger partial charge on any atom is -0.321 e. The van der Waals surface area contributed by atoms with E-state index >= 15 is 0 Å². The predicted molar refractivity (Wildman–Crippen MR) is 101 cm³/mol. The van der Waals surface area contributed by atoms with Crippen molar-refractivity contribution >= 4 is 28.7 Å². The maximum Gasteiger partial charge on any atom is 0.256 e. The van der Waals surface area contributed by atoms with Crippen LogP contribution in [0, 0.1) is 0 Å². The lowest BCUT2D eigenvalue weighted by atomic mass is 10.0. The highest BCUT2D eigenvalue weighted by molar-refractivity contribution is 7.12. The van der Waals surface area contributed by atoms with E-state index in [2.05, 4.69) is 20.4 Å². The Labute approximate surface area is 158 Å². The van der Waals surface area contributed by atoms with Gasteiger partial charge in [-0.05, 0) is 29.6 Å². The summed E-state index contributed by atoms with van der Waals surface area (Å²) in [7, 11) is 0. The van der Waals surface area contributed by atoms with Crippen LogP contribution in [0.2, 0.25) is 0 Å². The molecule has 0 aliphatic carbocycles. The first-order chi connectivity index (χ1) is 13.2. The van der Waals surface area contributed by atoms with Gasteiger partial charge in [0.1, 0.15) is 12.7 Å². The van der Waals surface area contributed by atoms with Crippen LogP contribution in [0.25, 0.3) is 5.82 Å². The Kier molecular flexibility index (Phi) is 4.54. The van der Waals surface area contributed by atoms with E-state index < -0.39 is 0 Å². The summed E-state index contributed by atoms with van der Waals surface area (Å²) in [4.78, 5) is 34.1. The lowest BCUT2D eigenvalue weighted by molar-refractivity contribution is 0.0997. The lowest BCUT2D eigenvalue weighted by Gasteiger charge is -2.09. The molecule has 0 saturated carbocycles. The summed E-state index contributed by atoms with van der Waals surface area (Å²) in [5.74, 6) is 0.0417. The van der Waals surface area contributed by atoms with Gasteiger partial charge in [0, 0.05) is 5.56 Å². The number of amides is 1. The number of carbonyl (C=O) groups is 2. The van der Waals surface area contributed by atoms with Gasteiger partial charge in [0.05, 0.1) is 22.3 Å². The summed E-state index contributed by atoms with van der Waals surface area (Å²) >= 11 is 1.35. The minimum atomic E-state index is -0.370. The molecule has 0 unspecified atom stereocenters. The summed E-state index contributed by atoms with van der Waals surface area (Å²) in [5, 5.41) is 8.61. The molecule has 3 aromatic heterocycles. The number of nitrogens with one attached hydrogen (secondary N) is 1. The monoisotopic (exact) mass is 375 g/mol. The quantitative estimate of drug-likeness (QED) is 0.541. The predicted octanol–water partition coefficient (Wildman–Crippen LogP) is 3.21. The van der Waals surface area contributed by atoms with Gasteiger partial charge < -0.3 is 5.32 Å². The highest BCUT2D eigenvalue weighted by Gasteiger charge is 2.18. The molecule has 132 valence electrons. The van der Waals surface area contributed by atoms with Crippen LogP contribution in [-0.4, -0.2) is 31.4 Å². The number of pyridine rings is 1. The van der Waals surface area contributed by atoms with E-state index in [-0.39, 0.29) is 11.7 Å². The minimum absolute atomic E-state index is 0.171. The second-order valence-electron chi connectivity index (χ2n) is 5.55. The number of anilines is 1. The largest absolute Gasteiger partial charge is 0.321 e. The van der Waals surface area contributed by atoms with Crippen LogP contribution in [-0.2, 0) is 0 Å². The number of aromatic nitrogens is 4. The van der Waals surface area contributed by atoms with Crippen LogP contribution in [0.4, 0.5) is 5.69 Å². The number of hydrogen-bond acceptors (Lipinski definition) is 6. The molecule has 0 fully saturated rings. The fourth-order valence-corrected chi connectivity index (χ4v) is 3.22. The van der Waals surface area contributed by atoms with E-state index in [1.54, 1.807) is 42.5 Å². The van der Waals surface area contributed by atoms with E-state index in [4.69, 9.17) is 0 Å². The number of carbonyl (C=O) groups excluding carboxylic acids is 2. The number of nitrogens with zero attached hydrogens (tertiary/aromatic N) is 4. The van der Waals surface area contributed by atoms with Crippen molar-refractivity contribution < 1.29 is 9.59 Å². The standard InChI is InChI=1S/C19H13N5O2S/c25-18(16-6-3-9-27-16)14-4-1-2-5-15(14)19(26)23-13-7-8-17(21-10-13)24-12-20-11-22-24/h1-12H,(H,23,26). The van der Waals surface area contributed by atoms with Gasteiger partial charge in [-0.25, -0.2) is 14.6 Å². The van der Waals surface area contributed by atoms with Crippen molar-refractivity contribution in [2.75, 3.05) is 5.32 Å². The second kappa shape index (κ2) is 7.30. The fourth-order valence-electron chi connectivity index (χ4n) is 2.54. The molecular formula is C19H13N5O2S. The zero-order valence-corrected chi connectivity index (χ0v) is 14.8. The van der Waals surface area contributed by atoms with Gasteiger partial charge in [-0.2, -0.15) is 5.10 Å². The smallest absolute Gasteiger partial charge is 0.256 e. The van der Waals surface area contributed by atoms with Crippen LogP contribution < -0.4 is 5.32 Å². The van der Waals surface area contributed by atoms with Gasteiger partial charge in [-0.3, -0.25) is 9.59 Å². The average Bonchev–Trinajstić information content (AvgIpc) is 3.42. The van der Waals surface area contributed by atoms with Crippen molar-refractivity contribution in [1.29, 1.82) is 0 Å². The maximum absolute atomic E-state index is 12.7. The lowest BCUT2D eigenvalue weighted by Crippen LogP contribution is -2.16. The van der Waals surface area contributed by atoms with Crippen molar-refractivity contribution in [2.45, 2.75) is 0 Å². The topological polar surface area (TPSA) is 89.8 Å². The van der Waals surface area contributed by atoms with Crippen molar-refractivity contribution in [3.63, 3.8) is 0 Å². The number of ketones is 1.